The van der Waals surface area contributed by atoms with Crippen molar-refractivity contribution in [2.75, 3.05) is 0 Å². The highest BCUT2D eigenvalue weighted by molar-refractivity contribution is 5.98. The van der Waals surface area contributed by atoms with Gasteiger partial charge in [-0.15, -0.1) is 0 Å². The predicted octanol–water partition coefficient (Wildman–Crippen LogP) is 1.65. The number of carbonyl (C=O) groups is 3. The number of carbonyl (C=O) groups excluding carboxylic acids is 2. The smallest absolute Gasteiger partial charge is 0.314 e. The number of cyclic esters (lactones) is 1. The first-order valence-electron chi connectivity index (χ1n) is 6.03. The first kappa shape index (κ1) is 13.3. The highest BCUT2D eigenvalue weighted by Gasteiger charge is 2.42. The highest BCUT2D eigenvalue weighted by Crippen LogP contribution is 2.38. The average Bonchev–Trinajstić information content (AvgIpc) is 2.36. The number of ketones is 1. The summed E-state index contributed by atoms with van der Waals surface area (Å²) in [4.78, 5) is 33.9. The quantitative estimate of drug-likeness (QED) is 0.659. The Bertz CT molecular complexity index is 490. The van der Waals surface area contributed by atoms with Gasteiger partial charge in [-0.05, 0) is 5.56 Å². The zero-order valence-electron chi connectivity index (χ0n) is 10.3. The van der Waals surface area contributed by atoms with Crippen LogP contribution in [0.2, 0.25) is 0 Å². The molecular weight excluding hydrogens is 248 g/mol. The van der Waals surface area contributed by atoms with Gasteiger partial charge in [-0.2, -0.15) is 0 Å². The minimum Gasteiger partial charge on any atom is -0.481 e. The topological polar surface area (TPSA) is 80.7 Å². The van der Waals surface area contributed by atoms with Crippen molar-refractivity contribution in [3.8, 4) is 0 Å². The van der Waals surface area contributed by atoms with Crippen LogP contribution in [-0.4, -0.2) is 22.8 Å². The molecule has 0 bridgehead atoms. The SMILES string of the molecule is O=C(O)CCC1(c2ccccc2)CC(=O)CC(=O)O1. The van der Waals surface area contributed by atoms with Crippen LogP contribution in [0.15, 0.2) is 30.3 Å². The number of aliphatic carboxylic acids is 1. The van der Waals surface area contributed by atoms with Gasteiger partial charge < -0.3 is 9.84 Å². The number of esters is 1. The van der Waals surface area contributed by atoms with Crippen LogP contribution in [0, 0.1) is 0 Å². The van der Waals surface area contributed by atoms with Crippen LogP contribution in [0.3, 0.4) is 0 Å². The van der Waals surface area contributed by atoms with Crippen LogP contribution in [-0.2, 0) is 24.7 Å². The van der Waals surface area contributed by atoms with Crippen molar-refractivity contribution in [2.45, 2.75) is 31.3 Å². The Balaban J connectivity index is 2.34. The third-order valence-corrected chi connectivity index (χ3v) is 3.18. The van der Waals surface area contributed by atoms with Gasteiger partial charge in [-0.1, -0.05) is 30.3 Å². The molecule has 100 valence electrons. The van der Waals surface area contributed by atoms with Crippen molar-refractivity contribution in [3.05, 3.63) is 35.9 Å². The van der Waals surface area contributed by atoms with Crippen molar-refractivity contribution < 1.29 is 24.2 Å². The molecule has 2 rings (SSSR count). The van der Waals surface area contributed by atoms with Gasteiger partial charge in [0.25, 0.3) is 0 Å². The molecule has 0 spiro atoms. The van der Waals surface area contributed by atoms with E-state index in [9.17, 15) is 14.4 Å². The number of carboxylic acid groups (broad SMARTS) is 1. The van der Waals surface area contributed by atoms with Crippen molar-refractivity contribution in [1.29, 1.82) is 0 Å². The Kier molecular flexibility index (Phi) is 3.64. The Morgan fingerprint density at radius 2 is 1.95 bits per heavy atom. The standard InChI is InChI=1S/C14H14O5/c15-11-8-13(18)19-14(9-11,7-6-12(16)17)10-4-2-1-3-5-10/h1-5H,6-9H2,(H,16,17). The fourth-order valence-electron chi connectivity index (χ4n) is 2.33. The van der Waals surface area contributed by atoms with E-state index in [0.717, 1.165) is 0 Å². The molecule has 19 heavy (non-hydrogen) atoms. The van der Waals surface area contributed by atoms with Crippen LogP contribution in [0.5, 0.6) is 0 Å². The van der Waals surface area contributed by atoms with E-state index in [0.29, 0.717) is 5.56 Å². The summed E-state index contributed by atoms with van der Waals surface area (Å²) in [5, 5.41) is 8.81. The lowest BCUT2D eigenvalue weighted by atomic mass is 9.82. The molecule has 1 N–H and O–H groups in total. The van der Waals surface area contributed by atoms with Crippen LogP contribution in [0.4, 0.5) is 0 Å². The highest BCUT2D eigenvalue weighted by atomic mass is 16.6. The van der Waals surface area contributed by atoms with E-state index in [-0.39, 0.29) is 31.5 Å². The zero-order chi connectivity index (χ0) is 13.9. The number of benzene rings is 1. The third-order valence-electron chi connectivity index (χ3n) is 3.18. The molecule has 1 atom stereocenters. The van der Waals surface area contributed by atoms with E-state index in [1.165, 1.54) is 0 Å². The molecule has 1 aromatic carbocycles. The van der Waals surface area contributed by atoms with Crippen molar-refractivity contribution >= 4 is 17.7 Å². The largest absolute Gasteiger partial charge is 0.481 e. The minimum atomic E-state index is -1.13. The molecule has 1 saturated heterocycles. The first-order valence-corrected chi connectivity index (χ1v) is 6.03. The lowest BCUT2D eigenvalue weighted by Crippen LogP contribution is -2.40. The van der Waals surface area contributed by atoms with Gasteiger partial charge in [0, 0.05) is 12.8 Å². The Labute approximate surface area is 110 Å². The van der Waals surface area contributed by atoms with Gasteiger partial charge >= 0.3 is 11.9 Å². The Hall–Kier alpha value is -2.17. The van der Waals surface area contributed by atoms with Crippen molar-refractivity contribution in [1.82, 2.24) is 0 Å². The van der Waals surface area contributed by atoms with Crippen LogP contribution in [0.1, 0.15) is 31.2 Å². The fourth-order valence-corrected chi connectivity index (χ4v) is 2.33. The van der Waals surface area contributed by atoms with E-state index < -0.39 is 17.5 Å². The van der Waals surface area contributed by atoms with Crippen LogP contribution >= 0.6 is 0 Å². The summed E-state index contributed by atoms with van der Waals surface area (Å²) in [7, 11) is 0. The maximum absolute atomic E-state index is 11.7. The fraction of sp³-hybridized carbons (Fsp3) is 0.357. The second-order valence-electron chi connectivity index (χ2n) is 4.62. The number of hydrogen-bond donors (Lipinski definition) is 1. The molecule has 1 aliphatic rings. The van der Waals surface area contributed by atoms with E-state index in [1.54, 1.807) is 30.3 Å². The van der Waals surface area contributed by atoms with Crippen molar-refractivity contribution in [2.24, 2.45) is 0 Å². The molecule has 5 heteroatoms. The third kappa shape index (κ3) is 2.99. The normalized spacial score (nSPS) is 22.9. The molecule has 0 saturated carbocycles. The average molecular weight is 262 g/mol. The number of carboxylic acids is 1. The maximum atomic E-state index is 11.7. The summed E-state index contributed by atoms with van der Waals surface area (Å²) in [6, 6.07) is 8.83. The van der Waals surface area contributed by atoms with Gasteiger partial charge in [-0.25, -0.2) is 0 Å². The molecule has 0 aromatic heterocycles. The van der Waals surface area contributed by atoms with Crippen molar-refractivity contribution in [3.63, 3.8) is 0 Å². The van der Waals surface area contributed by atoms with E-state index in [2.05, 4.69) is 0 Å². The summed E-state index contributed by atoms with van der Waals surface area (Å²) < 4.78 is 5.36. The number of rotatable bonds is 4. The summed E-state index contributed by atoms with van der Waals surface area (Å²) in [6.45, 7) is 0. The molecular formula is C14H14O5. The summed E-state index contributed by atoms with van der Waals surface area (Å²) >= 11 is 0. The molecule has 1 aromatic rings. The van der Waals surface area contributed by atoms with Gasteiger partial charge in [-0.3, -0.25) is 14.4 Å². The number of Topliss-reactive ketones (excluding diaryl/α,β-unsaturated/α-hetero) is 1. The molecule has 1 heterocycles. The lowest BCUT2D eigenvalue weighted by Gasteiger charge is -2.36. The minimum absolute atomic E-state index is 0.0377. The predicted molar refractivity (Wildman–Crippen MR) is 65.3 cm³/mol. The molecule has 5 nitrogen and oxygen atoms in total. The number of hydrogen-bond acceptors (Lipinski definition) is 4. The van der Waals surface area contributed by atoms with E-state index in [1.807, 2.05) is 0 Å². The van der Waals surface area contributed by atoms with E-state index in [4.69, 9.17) is 9.84 Å². The molecule has 0 radical (unpaired) electrons. The Morgan fingerprint density at radius 1 is 1.26 bits per heavy atom. The molecule has 0 aliphatic carbocycles. The van der Waals surface area contributed by atoms with E-state index >= 15 is 0 Å². The molecule has 1 fully saturated rings. The lowest BCUT2D eigenvalue weighted by molar-refractivity contribution is -0.174. The van der Waals surface area contributed by atoms with Crippen LogP contribution < -0.4 is 0 Å². The monoisotopic (exact) mass is 262 g/mol. The second kappa shape index (κ2) is 5.22. The number of ether oxygens (including phenoxy) is 1. The molecule has 1 unspecified atom stereocenters. The van der Waals surface area contributed by atoms with Gasteiger partial charge in [0.1, 0.15) is 17.8 Å². The summed E-state index contributed by atoms with van der Waals surface area (Å²) in [6.07, 6.45) is -0.253. The summed E-state index contributed by atoms with van der Waals surface area (Å²) in [5.74, 6) is -1.79. The summed E-state index contributed by atoms with van der Waals surface area (Å²) in [5.41, 5.74) is -0.468. The first-order chi connectivity index (χ1) is 9.02. The maximum Gasteiger partial charge on any atom is 0.314 e. The second-order valence-corrected chi connectivity index (χ2v) is 4.62. The van der Waals surface area contributed by atoms with Crippen LogP contribution in [0.25, 0.3) is 0 Å². The Morgan fingerprint density at radius 3 is 2.53 bits per heavy atom. The molecule has 1 aliphatic heterocycles. The zero-order valence-corrected chi connectivity index (χ0v) is 10.3. The van der Waals surface area contributed by atoms with Gasteiger partial charge in [0.05, 0.1) is 6.42 Å². The van der Waals surface area contributed by atoms with Gasteiger partial charge in [0.2, 0.25) is 0 Å². The van der Waals surface area contributed by atoms with Gasteiger partial charge in [0.15, 0.2) is 0 Å². The molecule has 0 amide bonds.